The maximum atomic E-state index is 11.4. The van der Waals surface area contributed by atoms with Crippen molar-refractivity contribution in [3.8, 4) is 0 Å². The molecule has 0 N–H and O–H groups in total. The van der Waals surface area contributed by atoms with Crippen molar-refractivity contribution in [2.75, 3.05) is 26.3 Å². The summed E-state index contributed by atoms with van der Waals surface area (Å²) < 4.78 is 5.15. The second-order valence-electron chi connectivity index (χ2n) is 3.20. The van der Waals surface area contributed by atoms with Crippen LogP contribution in [0.15, 0.2) is 0 Å². The van der Waals surface area contributed by atoms with Crippen molar-refractivity contribution < 1.29 is 14.3 Å². The zero-order chi connectivity index (χ0) is 9.68. The number of hydrogen-bond acceptors (Lipinski definition) is 3. The van der Waals surface area contributed by atoms with Crippen LogP contribution < -0.4 is 0 Å². The van der Waals surface area contributed by atoms with Crippen LogP contribution in [0.1, 0.15) is 19.8 Å². The van der Waals surface area contributed by atoms with E-state index in [0.29, 0.717) is 39.1 Å². The lowest BCUT2D eigenvalue weighted by Crippen LogP contribution is -2.33. The fourth-order valence-corrected chi connectivity index (χ4v) is 1.25. The van der Waals surface area contributed by atoms with Crippen molar-refractivity contribution in [3.05, 3.63) is 0 Å². The number of amides is 1. The fourth-order valence-electron chi connectivity index (χ4n) is 1.25. The summed E-state index contributed by atoms with van der Waals surface area (Å²) in [7, 11) is 0. The molecule has 4 nitrogen and oxygen atoms in total. The Morgan fingerprint density at radius 3 is 3.00 bits per heavy atom. The molecular weight excluding hydrogens is 170 g/mol. The van der Waals surface area contributed by atoms with Crippen LogP contribution in [0.4, 0.5) is 0 Å². The van der Waals surface area contributed by atoms with Gasteiger partial charge in [-0.3, -0.25) is 9.59 Å². The summed E-state index contributed by atoms with van der Waals surface area (Å²) in [5.41, 5.74) is 0. The number of carbonyl (C=O) groups is 2. The molecule has 0 spiro atoms. The highest BCUT2D eigenvalue weighted by atomic mass is 16.5. The highest BCUT2D eigenvalue weighted by molar-refractivity contribution is 5.79. The first-order valence-corrected chi connectivity index (χ1v) is 4.55. The number of ketones is 1. The van der Waals surface area contributed by atoms with Crippen molar-refractivity contribution in [1.82, 2.24) is 4.90 Å². The predicted octanol–water partition coefficient (Wildman–Crippen LogP) is 0.214. The van der Waals surface area contributed by atoms with Gasteiger partial charge in [-0.15, -0.1) is 0 Å². The average molecular weight is 185 g/mol. The lowest BCUT2D eigenvalue weighted by molar-refractivity contribution is -0.130. The van der Waals surface area contributed by atoms with Crippen molar-refractivity contribution >= 4 is 11.7 Å². The minimum atomic E-state index is 0.0961. The molecule has 0 aromatic carbocycles. The lowest BCUT2D eigenvalue weighted by Gasteiger charge is -2.18. The van der Waals surface area contributed by atoms with E-state index in [4.69, 9.17) is 4.74 Å². The third-order valence-electron chi connectivity index (χ3n) is 2.05. The Balaban J connectivity index is 2.36. The van der Waals surface area contributed by atoms with Crippen LogP contribution in [0.3, 0.4) is 0 Å². The maximum absolute atomic E-state index is 11.4. The first-order valence-electron chi connectivity index (χ1n) is 4.55. The van der Waals surface area contributed by atoms with Crippen LogP contribution in [-0.4, -0.2) is 42.9 Å². The molecule has 74 valence electrons. The normalized spacial score (nSPS) is 18.5. The van der Waals surface area contributed by atoms with Gasteiger partial charge in [0.2, 0.25) is 5.91 Å². The minimum absolute atomic E-state index is 0.0961. The van der Waals surface area contributed by atoms with Gasteiger partial charge in [-0.25, -0.2) is 0 Å². The standard InChI is InChI=1S/C9H15NO3/c1-8(11)2-4-10-5-7-13-6-3-9(10)12/h2-7H2,1H3. The Labute approximate surface area is 77.8 Å². The zero-order valence-electron chi connectivity index (χ0n) is 7.91. The van der Waals surface area contributed by atoms with Gasteiger partial charge in [-0.05, 0) is 6.92 Å². The van der Waals surface area contributed by atoms with E-state index in [1.165, 1.54) is 0 Å². The van der Waals surface area contributed by atoms with E-state index in [2.05, 4.69) is 0 Å². The fraction of sp³-hybridized carbons (Fsp3) is 0.778. The Hall–Kier alpha value is -0.900. The van der Waals surface area contributed by atoms with Gasteiger partial charge in [0.05, 0.1) is 19.6 Å². The molecule has 4 heteroatoms. The van der Waals surface area contributed by atoms with E-state index in [-0.39, 0.29) is 11.7 Å². The smallest absolute Gasteiger partial charge is 0.224 e. The monoisotopic (exact) mass is 185 g/mol. The summed E-state index contributed by atoms with van der Waals surface area (Å²) in [5, 5.41) is 0. The number of nitrogens with zero attached hydrogens (tertiary/aromatic N) is 1. The molecule has 0 bridgehead atoms. The minimum Gasteiger partial charge on any atom is -0.379 e. The summed E-state index contributed by atoms with van der Waals surface area (Å²) in [6.45, 7) is 3.79. The van der Waals surface area contributed by atoms with E-state index in [9.17, 15) is 9.59 Å². The topological polar surface area (TPSA) is 46.6 Å². The predicted molar refractivity (Wildman–Crippen MR) is 47.3 cm³/mol. The maximum Gasteiger partial charge on any atom is 0.224 e. The lowest BCUT2D eigenvalue weighted by atomic mass is 10.3. The molecule has 13 heavy (non-hydrogen) atoms. The molecule has 0 unspecified atom stereocenters. The van der Waals surface area contributed by atoms with Crippen molar-refractivity contribution in [2.24, 2.45) is 0 Å². The first-order chi connectivity index (χ1) is 6.20. The van der Waals surface area contributed by atoms with Gasteiger partial charge in [0.15, 0.2) is 0 Å². The van der Waals surface area contributed by atoms with Gasteiger partial charge in [0.1, 0.15) is 5.78 Å². The molecule has 1 aliphatic rings. The van der Waals surface area contributed by atoms with Crippen LogP contribution in [-0.2, 0) is 14.3 Å². The largest absolute Gasteiger partial charge is 0.379 e. The van der Waals surface area contributed by atoms with Crippen molar-refractivity contribution in [3.63, 3.8) is 0 Å². The molecule has 1 fully saturated rings. The van der Waals surface area contributed by atoms with E-state index < -0.39 is 0 Å². The Kier molecular flexibility index (Phi) is 3.89. The van der Waals surface area contributed by atoms with Gasteiger partial charge in [-0.1, -0.05) is 0 Å². The van der Waals surface area contributed by atoms with Crippen LogP contribution >= 0.6 is 0 Å². The highest BCUT2D eigenvalue weighted by Crippen LogP contribution is 2.02. The van der Waals surface area contributed by atoms with E-state index in [1.807, 2.05) is 0 Å². The molecule has 1 rings (SSSR count). The van der Waals surface area contributed by atoms with Gasteiger partial charge in [0, 0.05) is 19.5 Å². The second kappa shape index (κ2) is 4.97. The molecule has 1 heterocycles. The number of Topliss-reactive ketones (excluding diaryl/α,β-unsaturated/α-hetero) is 1. The van der Waals surface area contributed by atoms with Crippen LogP contribution in [0.2, 0.25) is 0 Å². The van der Waals surface area contributed by atoms with E-state index in [1.54, 1.807) is 11.8 Å². The summed E-state index contributed by atoms with van der Waals surface area (Å²) in [6.07, 6.45) is 0.893. The Morgan fingerprint density at radius 1 is 1.54 bits per heavy atom. The number of carbonyl (C=O) groups excluding carboxylic acids is 2. The summed E-state index contributed by atoms with van der Waals surface area (Å²) in [4.78, 5) is 23.8. The number of ether oxygens (including phenoxy) is 1. The van der Waals surface area contributed by atoms with Crippen molar-refractivity contribution in [2.45, 2.75) is 19.8 Å². The summed E-state index contributed by atoms with van der Waals surface area (Å²) in [5.74, 6) is 0.219. The molecule has 0 atom stereocenters. The summed E-state index contributed by atoms with van der Waals surface area (Å²) >= 11 is 0. The van der Waals surface area contributed by atoms with Crippen LogP contribution in [0.25, 0.3) is 0 Å². The molecular formula is C9H15NO3. The highest BCUT2D eigenvalue weighted by Gasteiger charge is 2.16. The van der Waals surface area contributed by atoms with Crippen LogP contribution in [0.5, 0.6) is 0 Å². The molecule has 0 aromatic heterocycles. The Bertz CT molecular complexity index is 203. The zero-order valence-corrected chi connectivity index (χ0v) is 7.91. The van der Waals surface area contributed by atoms with Crippen molar-refractivity contribution in [1.29, 1.82) is 0 Å². The van der Waals surface area contributed by atoms with Gasteiger partial charge in [0.25, 0.3) is 0 Å². The Morgan fingerprint density at radius 2 is 2.31 bits per heavy atom. The molecule has 1 amide bonds. The third-order valence-corrected chi connectivity index (χ3v) is 2.05. The van der Waals surface area contributed by atoms with Gasteiger partial charge >= 0.3 is 0 Å². The SMILES string of the molecule is CC(=O)CCN1CCOCCC1=O. The summed E-state index contributed by atoms with van der Waals surface area (Å²) in [6, 6.07) is 0. The average Bonchev–Trinajstić information content (AvgIpc) is 2.27. The van der Waals surface area contributed by atoms with Gasteiger partial charge in [-0.2, -0.15) is 0 Å². The van der Waals surface area contributed by atoms with E-state index in [0.717, 1.165) is 0 Å². The van der Waals surface area contributed by atoms with Crippen LogP contribution in [0, 0.1) is 0 Å². The second-order valence-corrected chi connectivity index (χ2v) is 3.20. The molecule has 0 aromatic rings. The quantitative estimate of drug-likeness (QED) is 0.631. The molecule has 0 radical (unpaired) electrons. The first kappa shape index (κ1) is 10.2. The van der Waals surface area contributed by atoms with E-state index >= 15 is 0 Å². The number of hydrogen-bond donors (Lipinski definition) is 0. The molecule has 0 saturated carbocycles. The number of rotatable bonds is 3. The van der Waals surface area contributed by atoms with Gasteiger partial charge < -0.3 is 9.64 Å². The molecule has 1 saturated heterocycles. The third kappa shape index (κ3) is 3.55. The molecule has 0 aliphatic carbocycles. The molecule has 1 aliphatic heterocycles.